The molecule has 5 heteroatoms. The maximum Gasteiger partial charge on any atom is 0.267 e. The van der Waals surface area contributed by atoms with Crippen LogP contribution in [0.4, 0.5) is 5.82 Å². The Hall–Kier alpha value is -0.840. The minimum atomic E-state index is -0.133. The minimum Gasteiger partial charge on any atom is -0.366 e. The first kappa shape index (κ1) is 13.6. The Morgan fingerprint density at radius 2 is 2.22 bits per heavy atom. The summed E-state index contributed by atoms with van der Waals surface area (Å²) in [6, 6.07) is 0.413. The Kier molecular flexibility index (Phi) is 4.80. The third-order valence-corrected chi connectivity index (χ3v) is 4.51. The first-order valence-corrected chi connectivity index (χ1v) is 7.51. The summed E-state index contributed by atoms with van der Waals surface area (Å²) in [5, 5.41) is 3.43. The maximum atomic E-state index is 11.5. The zero-order valence-corrected chi connectivity index (χ0v) is 12.3. The lowest BCUT2D eigenvalue weighted by Gasteiger charge is -2.30. The molecule has 0 spiro atoms. The van der Waals surface area contributed by atoms with Gasteiger partial charge in [0.15, 0.2) is 0 Å². The van der Waals surface area contributed by atoms with Gasteiger partial charge in [0.2, 0.25) is 0 Å². The fourth-order valence-electron chi connectivity index (χ4n) is 2.75. The van der Waals surface area contributed by atoms with Gasteiger partial charge in [0, 0.05) is 6.04 Å². The van der Waals surface area contributed by atoms with Gasteiger partial charge in [-0.2, -0.15) is 0 Å². The second-order valence-corrected chi connectivity index (χ2v) is 5.74. The smallest absolute Gasteiger partial charge is 0.267 e. The van der Waals surface area contributed by atoms with Crippen molar-refractivity contribution < 1.29 is 0 Å². The van der Waals surface area contributed by atoms with Crippen LogP contribution in [0.2, 0.25) is 0 Å². The molecule has 1 aliphatic rings. The van der Waals surface area contributed by atoms with Crippen molar-refractivity contribution in [2.45, 2.75) is 51.5 Å². The van der Waals surface area contributed by atoms with Crippen molar-refractivity contribution in [3.05, 3.63) is 21.2 Å². The van der Waals surface area contributed by atoms with Crippen LogP contribution in [0.3, 0.4) is 0 Å². The van der Waals surface area contributed by atoms with E-state index in [1.54, 1.807) is 0 Å². The van der Waals surface area contributed by atoms with Crippen LogP contribution >= 0.6 is 15.9 Å². The molecule has 1 aromatic rings. The van der Waals surface area contributed by atoms with E-state index in [1.807, 2.05) is 0 Å². The molecule has 1 fully saturated rings. The predicted octanol–water partition coefficient (Wildman–Crippen LogP) is 3.30. The van der Waals surface area contributed by atoms with Gasteiger partial charge in [-0.05, 0) is 41.1 Å². The highest BCUT2D eigenvalue weighted by atomic mass is 79.9. The number of rotatable bonds is 4. The first-order valence-electron chi connectivity index (χ1n) is 6.72. The van der Waals surface area contributed by atoms with Crippen molar-refractivity contribution in [2.75, 3.05) is 5.32 Å². The average molecular weight is 314 g/mol. The summed E-state index contributed by atoms with van der Waals surface area (Å²) < 4.78 is 0.499. The van der Waals surface area contributed by atoms with Gasteiger partial charge in [-0.25, -0.2) is 4.98 Å². The van der Waals surface area contributed by atoms with Gasteiger partial charge in [-0.1, -0.05) is 26.2 Å². The molecule has 100 valence electrons. The quantitative estimate of drug-likeness (QED) is 0.896. The van der Waals surface area contributed by atoms with Crippen molar-refractivity contribution in [1.29, 1.82) is 0 Å². The number of hydrogen-bond acceptors (Lipinski definition) is 3. The Balaban J connectivity index is 2.09. The maximum absolute atomic E-state index is 11.5. The molecule has 0 amide bonds. The summed E-state index contributed by atoms with van der Waals surface area (Å²) in [5.74, 6) is 1.37. The van der Waals surface area contributed by atoms with Gasteiger partial charge in [0.25, 0.3) is 5.56 Å². The summed E-state index contributed by atoms with van der Waals surface area (Å²) in [7, 11) is 0. The van der Waals surface area contributed by atoms with E-state index in [4.69, 9.17) is 0 Å². The van der Waals surface area contributed by atoms with E-state index in [0.29, 0.717) is 22.3 Å². The molecule has 0 saturated heterocycles. The highest BCUT2D eigenvalue weighted by Crippen LogP contribution is 2.30. The molecule has 18 heavy (non-hydrogen) atoms. The third kappa shape index (κ3) is 3.13. The summed E-state index contributed by atoms with van der Waals surface area (Å²) in [6.45, 7) is 2.19. The molecule has 2 rings (SSSR count). The van der Waals surface area contributed by atoms with Gasteiger partial charge in [-0.15, -0.1) is 0 Å². The molecule has 0 aliphatic heterocycles. The van der Waals surface area contributed by atoms with Crippen LogP contribution in [-0.2, 0) is 0 Å². The topological polar surface area (TPSA) is 57.8 Å². The average Bonchev–Trinajstić information content (AvgIpc) is 2.41. The zero-order valence-electron chi connectivity index (χ0n) is 10.7. The SMILES string of the molecule is CCC(Nc1nc[nH]c(=O)c1Br)C1CCCCC1. The number of aromatic nitrogens is 2. The number of nitrogens with zero attached hydrogens (tertiary/aromatic N) is 1. The molecule has 2 N–H and O–H groups in total. The Morgan fingerprint density at radius 3 is 2.89 bits per heavy atom. The van der Waals surface area contributed by atoms with Crippen LogP contribution < -0.4 is 10.9 Å². The van der Waals surface area contributed by atoms with Gasteiger partial charge in [0.1, 0.15) is 10.3 Å². The second kappa shape index (κ2) is 6.36. The Bertz CT molecular complexity index is 440. The molecule has 0 bridgehead atoms. The van der Waals surface area contributed by atoms with Crippen LogP contribution in [0.15, 0.2) is 15.6 Å². The summed E-state index contributed by atoms with van der Waals surface area (Å²) in [6.07, 6.45) is 9.09. The lowest BCUT2D eigenvalue weighted by atomic mass is 9.83. The third-order valence-electron chi connectivity index (χ3n) is 3.78. The lowest BCUT2D eigenvalue weighted by Crippen LogP contribution is -2.31. The van der Waals surface area contributed by atoms with Crippen LogP contribution in [0.5, 0.6) is 0 Å². The van der Waals surface area contributed by atoms with E-state index in [9.17, 15) is 4.79 Å². The van der Waals surface area contributed by atoms with E-state index in [0.717, 1.165) is 6.42 Å². The normalized spacial score (nSPS) is 18.6. The van der Waals surface area contributed by atoms with Crippen LogP contribution in [0.25, 0.3) is 0 Å². The van der Waals surface area contributed by atoms with Crippen molar-refractivity contribution >= 4 is 21.7 Å². The fourth-order valence-corrected chi connectivity index (χ4v) is 3.08. The first-order chi connectivity index (χ1) is 8.72. The number of nitrogens with one attached hydrogen (secondary N) is 2. The van der Waals surface area contributed by atoms with Crippen molar-refractivity contribution in [3.63, 3.8) is 0 Å². The summed E-state index contributed by atoms with van der Waals surface area (Å²) in [4.78, 5) is 18.3. The van der Waals surface area contributed by atoms with Crippen LogP contribution in [0.1, 0.15) is 45.4 Å². The van der Waals surface area contributed by atoms with Gasteiger partial charge < -0.3 is 10.3 Å². The van der Waals surface area contributed by atoms with E-state index in [2.05, 4.69) is 38.1 Å². The molecule has 0 aromatic carbocycles. The zero-order chi connectivity index (χ0) is 13.0. The van der Waals surface area contributed by atoms with Gasteiger partial charge >= 0.3 is 0 Å². The molecular formula is C13H20BrN3O. The van der Waals surface area contributed by atoms with E-state index < -0.39 is 0 Å². The number of aromatic amines is 1. The molecule has 1 unspecified atom stereocenters. The summed E-state index contributed by atoms with van der Waals surface area (Å²) >= 11 is 3.29. The van der Waals surface area contributed by atoms with Crippen molar-refractivity contribution in [1.82, 2.24) is 9.97 Å². The number of H-pyrrole nitrogens is 1. The predicted molar refractivity (Wildman–Crippen MR) is 76.8 cm³/mol. The second-order valence-electron chi connectivity index (χ2n) is 4.95. The molecule has 1 heterocycles. The van der Waals surface area contributed by atoms with E-state index in [-0.39, 0.29) is 5.56 Å². The van der Waals surface area contributed by atoms with Crippen LogP contribution in [-0.4, -0.2) is 16.0 Å². The number of anilines is 1. The fraction of sp³-hybridized carbons (Fsp3) is 0.692. The molecule has 1 atom stereocenters. The molecule has 0 radical (unpaired) electrons. The van der Waals surface area contributed by atoms with E-state index in [1.165, 1.54) is 38.4 Å². The standard InChI is InChI=1S/C13H20BrN3O/c1-2-10(9-6-4-3-5-7-9)17-12-11(14)13(18)16-8-15-12/h8-10H,2-7H2,1H3,(H2,15,16,17,18). The highest BCUT2D eigenvalue weighted by Gasteiger charge is 2.23. The van der Waals surface area contributed by atoms with Crippen molar-refractivity contribution in [2.24, 2.45) is 5.92 Å². The Morgan fingerprint density at radius 1 is 1.50 bits per heavy atom. The van der Waals surface area contributed by atoms with E-state index >= 15 is 0 Å². The largest absolute Gasteiger partial charge is 0.366 e. The highest BCUT2D eigenvalue weighted by molar-refractivity contribution is 9.10. The van der Waals surface area contributed by atoms with Crippen molar-refractivity contribution in [3.8, 4) is 0 Å². The number of halogens is 1. The van der Waals surface area contributed by atoms with Gasteiger partial charge in [-0.3, -0.25) is 4.79 Å². The molecule has 4 nitrogen and oxygen atoms in total. The molecular weight excluding hydrogens is 294 g/mol. The Labute approximate surface area is 116 Å². The molecule has 1 saturated carbocycles. The number of hydrogen-bond donors (Lipinski definition) is 2. The lowest BCUT2D eigenvalue weighted by molar-refractivity contribution is 0.312. The molecule has 1 aromatic heterocycles. The molecule has 1 aliphatic carbocycles. The van der Waals surface area contributed by atoms with Crippen LogP contribution in [0, 0.1) is 5.92 Å². The van der Waals surface area contributed by atoms with Gasteiger partial charge in [0.05, 0.1) is 6.33 Å². The summed E-state index contributed by atoms with van der Waals surface area (Å²) in [5.41, 5.74) is -0.133. The monoisotopic (exact) mass is 313 g/mol. The minimum absolute atomic E-state index is 0.133.